The van der Waals surface area contributed by atoms with Crippen molar-refractivity contribution in [2.45, 2.75) is 67.0 Å². The van der Waals surface area contributed by atoms with E-state index in [1.165, 1.54) is 0 Å². The standard InChI is InChI=1S/C25H26N4O3Si.C20H17IN4O3.C5H10Si.2CH4/c1-31-21-9-7-18(14-22(21)32-2)27-25-26-15-17-13-23(30)28-20-12-16(10-11-33(3,4)5)6-8-19(20)24(17)29-25;1-27-16-6-4-13(9-17(16)28-2)23-20-22-10-11-7-18(26)24-15-8-12(21)3-5-14(15)19(11)25-20;1-5-6(2,3)4;;/h6-9,12,14-15H,13H2,1-5H3,(H,28,30)(H,26,27,29);3-6,8-10H,7H2,1-2H3,(H,24,26)(H,22,23,25);1H,2-4H3;2*1H4. The molecule has 0 saturated carbocycles. The molecule has 2 amide bonds. The average Bonchev–Trinajstić information content (AvgIpc) is 3.52. The van der Waals surface area contributed by atoms with Gasteiger partial charge in [-0.2, -0.15) is 0 Å². The van der Waals surface area contributed by atoms with E-state index in [0.29, 0.717) is 46.3 Å². The summed E-state index contributed by atoms with van der Waals surface area (Å²) < 4.78 is 22.3. The minimum atomic E-state index is -1.51. The molecular weight excluding hydrogens is 1020 g/mol. The highest BCUT2D eigenvalue weighted by Gasteiger charge is 2.23. The summed E-state index contributed by atoms with van der Waals surface area (Å²) in [7, 11) is 3.75. The van der Waals surface area contributed by atoms with Crippen molar-refractivity contribution in [1.82, 2.24) is 19.9 Å². The minimum Gasteiger partial charge on any atom is -0.493 e. The van der Waals surface area contributed by atoms with Gasteiger partial charge in [0.15, 0.2) is 23.0 Å². The minimum absolute atomic E-state index is 0. The second kappa shape index (κ2) is 23.9. The maximum Gasteiger partial charge on any atom is 0.228 e. The number of nitrogens with zero attached hydrogens (tertiary/aromatic N) is 4. The number of hydrogen-bond donors (Lipinski definition) is 4. The van der Waals surface area contributed by atoms with E-state index in [0.717, 1.165) is 54.1 Å². The van der Waals surface area contributed by atoms with Crippen LogP contribution in [0.1, 0.15) is 31.5 Å². The van der Waals surface area contributed by atoms with Gasteiger partial charge in [-0.25, -0.2) is 19.9 Å². The SMILES string of the molecule is C.C.C#C[Si](C)(C)C.COc1ccc(Nc2ncc3c(n2)-c2ccc(C#C[Si](C)(C)C)cc2NC(=O)C3)cc1OC.COc1ccc(Nc2ncc3c(n2)-c2ccc(I)cc2NC(=O)C3)cc1OC. The van der Waals surface area contributed by atoms with Crippen LogP contribution in [0.25, 0.3) is 22.5 Å². The van der Waals surface area contributed by atoms with E-state index in [4.69, 9.17) is 30.4 Å². The molecule has 2 aliphatic rings. The summed E-state index contributed by atoms with van der Waals surface area (Å²) in [6.45, 7) is 13.0. The van der Waals surface area contributed by atoms with Gasteiger partial charge in [0.1, 0.15) is 16.1 Å². The Balaban J connectivity index is 0.000000264. The van der Waals surface area contributed by atoms with E-state index < -0.39 is 16.1 Å². The number of halogens is 1. The second-order valence-electron chi connectivity index (χ2n) is 17.3. The number of benzene rings is 4. The monoisotopic (exact) mass is 1080 g/mol. The number of carbonyl (C=O) groups excluding carboxylic acids is 2. The van der Waals surface area contributed by atoms with Crippen LogP contribution in [0.15, 0.2) is 85.2 Å². The van der Waals surface area contributed by atoms with Crippen molar-refractivity contribution in [1.29, 1.82) is 0 Å². The Bertz CT molecular complexity index is 2940. The molecule has 0 radical (unpaired) electrons. The van der Waals surface area contributed by atoms with E-state index in [9.17, 15) is 9.59 Å². The van der Waals surface area contributed by atoms with Gasteiger partial charge in [-0.1, -0.05) is 60.1 Å². The zero-order valence-corrected chi connectivity index (χ0v) is 43.3. The molecular formula is C52H61IN8O6Si2. The summed E-state index contributed by atoms with van der Waals surface area (Å²) in [5.41, 5.74) is 14.7. The fourth-order valence-electron chi connectivity index (χ4n) is 6.50. The van der Waals surface area contributed by atoms with Crippen LogP contribution in [-0.2, 0) is 22.4 Å². The molecule has 69 heavy (non-hydrogen) atoms. The van der Waals surface area contributed by atoms with Crippen molar-refractivity contribution in [3.05, 3.63) is 105 Å². The number of amides is 2. The third-order valence-corrected chi connectivity index (χ3v) is 12.2. The highest BCUT2D eigenvalue weighted by molar-refractivity contribution is 14.1. The number of nitrogens with one attached hydrogen (secondary N) is 4. The number of terminal acetylenes is 1. The maximum atomic E-state index is 12.5. The van der Waals surface area contributed by atoms with Crippen LogP contribution in [-0.4, -0.2) is 76.3 Å². The number of hydrogen-bond acceptors (Lipinski definition) is 12. The van der Waals surface area contributed by atoms with Gasteiger partial charge in [0.05, 0.1) is 64.0 Å². The zero-order chi connectivity index (χ0) is 48.5. The molecule has 4 heterocycles. The number of methoxy groups -OCH3 is 4. The van der Waals surface area contributed by atoms with Gasteiger partial charge in [0.25, 0.3) is 0 Å². The molecule has 6 aromatic rings. The average molecular weight is 1080 g/mol. The first-order valence-corrected chi connectivity index (χ1v) is 29.2. The molecule has 14 nitrogen and oxygen atoms in total. The summed E-state index contributed by atoms with van der Waals surface area (Å²) in [5, 5.41) is 12.3. The highest BCUT2D eigenvalue weighted by Crippen LogP contribution is 2.37. The molecule has 17 heteroatoms. The normalized spacial score (nSPS) is 11.8. The van der Waals surface area contributed by atoms with Gasteiger partial charge < -0.3 is 40.2 Å². The molecule has 0 bridgehead atoms. The quantitative estimate of drug-likeness (QED) is 0.0647. The first-order valence-electron chi connectivity index (χ1n) is 21.1. The third-order valence-electron chi connectivity index (χ3n) is 9.78. The second-order valence-corrected chi connectivity index (χ2v) is 28.1. The number of fused-ring (bicyclic) bond motifs is 6. The Hall–Kier alpha value is -6.94. The topological polar surface area (TPSA) is 171 Å². The van der Waals surface area contributed by atoms with Crippen molar-refractivity contribution >= 4 is 85.2 Å². The van der Waals surface area contributed by atoms with Crippen LogP contribution in [0.2, 0.25) is 39.3 Å². The van der Waals surface area contributed by atoms with Gasteiger partial charge in [-0.3, -0.25) is 9.59 Å². The first kappa shape index (κ1) is 54.7. The summed E-state index contributed by atoms with van der Waals surface area (Å²) in [5.74, 6) is 6.42. The molecule has 4 N–H and O–H groups in total. The first-order chi connectivity index (χ1) is 31.9. The molecule has 0 saturated heterocycles. The van der Waals surface area contributed by atoms with Gasteiger partial charge in [-0.05, 0) is 83.3 Å². The van der Waals surface area contributed by atoms with E-state index in [1.807, 2.05) is 72.8 Å². The van der Waals surface area contributed by atoms with Crippen molar-refractivity contribution < 1.29 is 28.5 Å². The van der Waals surface area contributed by atoms with Crippen molar-refractivity contribution in [2.75, 3.05) is 49.7 Å². The lowest BCUT2D eigenvalue weighted by atomic mass is 10.0. The molecule has 0 fully saturated rings. The van der Waals surface area contributed by atoms with Crippen molar-refractivity contribution in [3.63, 3.8) is 0 Å². The molecule has 0 atom stereocenters. The largest absolute Gasteiger partial charge is 0.493 e. The number of rotatable bonds is 8. The number of anilines is 6. The van der Waals surface area contributed by atoms with E-state index in [2.05, 4.69) is 115 Å². The Morgan fingerprint density at radius 2 is 1.04 bits per heavy atom. The third kappa shape index (κ3) is 14.8. The number of ether oxygens (including phenoxy) is 4. The summed E-state index contributed by atoms with van der Waals surface area (Å²) in [6.07, 6.45) is 8.94. The van der Waals surface area contributed by atoms with Gasteiger partial charge in [-0.15, -0.1) is 17.5 Å². The Labute approximate surface area is 422 Å². The Kier molecular flexibility index (Phi) is 18.9. The van der Waals surface area contributed by atoms with Crippen LogP contribution < -0.4 is 40.2 Å². The molecule has 0 unspecified atom stereocenters. The summed E-state index contributed by atoms with van der Waals surface area (Å²) in [4.78, 5) is 42.9. The fraction of sp³-hybridized carbons (Fsp3) is 0.269. The van der Waals surface area contributed by atoms with Gasteiger partial charge in [0, 0.05) is 67.3 Å². The van der Waals surface area contributed by atoms with E-state index in [1.54, 1.807) is 40.8 Å². The molecule has 0 aliphatic carbocycles. The van der Waals surface area contributed by atoms with Crippen molar-refractivity contribution in [2.24, 2.45) is 0 Å². The fourth-order valence-corrected chi connectivity index (χ4v) is 7.51. The Morgan fingerprint density at radius 1 is 0.609 bits per heavy atom. The molecule has 2 aliphatic heterocycles. The van der Waals surface area contributed by atoms with Crippen LogP contribution >= 0.6 is 22.6 Å². The molecule has 0 spiro atoms. The molecule has 360 valence electrons. The zero-order valence-electron chi connectivity index (χ0n) is 39.2. The van der Waals surface area contributed by atoms with Crippen molar-refractivity contribution in [3.8, 4) is 68.9 Å². The van der Waals surface area contributed by atoms with E-state index >= 15 is 0 Å². The predicted octanol–water partition coefficient (Wildman–Crippen LogP) is 11.4. The van der Waals surface area contributed by atoms with Crippen LogP contribution in [0, 0.1) is 27.0 Å². The van der Waals surface area contributed by atoms with Gasteiger partial charge in [0.2, 0.25) is 23.7 Å². The van der Waals surface area contributed by atoms with Crippen LogP contribution in [0.4, 0.5) is 34.6 Å². The van der Waals surface area contributed by atoms with Crippen LogP contribution in [0.5, 0.6) is 23.0 Å². The Morgan fingerprint density at radius 3 is 1.46 bits per heavy atom. The molecule has 8 rings (SSSR count). The van der Waals surface area contributed by atoms with Gasteiger partial charge >= 0.3 is 0 Å². The predicted molar refractivity (Wildman–Crippen MR) is 294 cm³/mol. The highest BCUT2D eigenvalue weighted by atomic mass is 127. The maximum absolute atomic E-state index is 12.5. The number of carbonyl (C=O) groups is 2. The lowest BCUT2D eigenvalue weighted by Crippen LogP contribution is -2.16. The molecule has 4 aromatic carbocycles. The van der Waals surface area contributed by atoms with Crippen LogP contribution in [0.3, 0.4) is 0 Å². The summed E-state index contributed by atoms with van der Waals surface area (Å²) >= 11 is 2.22. The smallest absolute Gasteiger partial charge is 0.228 e. The lowest BCUT2D eigenvalue weighted by Gasteiger charge is -2.12. The lowest BCUT2D eigenvalue weighted by molar-refractivity contribution is -0.116. The molecule has 2 aromatic heterocycles. The number of aromatic nitrogens is 4. The van der Waals surface area contributed by atoms with E-state index in [-0.39, 0.29) is 39.5 Å². The summed E-state index contributed by atoms with van der Waals surface area (Å²) in [6, 6.07) is 22.7.